The predicted octanol–water partition coefficient (Wildman–Crippen LogP) is 5.35. The van der Waals surface area contributed by atoms with Crippen LogP contribution in [0.5, 0.6) is 0 Å². The van der Waals surface area contributed by atoms with Crippen molar-refractivity contribution in [2.45, 2.75) is 148 Å². The first-order valence-corrected chi connectivity index (χ1v) is 17.1. The number of esters is 2. The van der Waals surface area contributed by atoms with Gasteiger partial charge in [-0.2, -0.15) is 0 Å². The molecule has 0 aromatic carbocycles. The Balaban J connectivity index is 1.53. The van der Waals surface area contributed by atoms with E-state index in [-0.39, 0.29) is 30.0 Å². The Morgan fingerprint density at radius 2 is 1.48 bits per heavy atom. The van der Waals surface area contributed by atoms with Crippen molar-refractivity contribution in [3.05, 3.63) is 0 Å². The molecule has 0 radical (unpaired) electrons. The zero-order valence-electron chi connectivity index (χ0n) is 27.5. The Morgan fingerprint density at radius 3 is 2.07 bits per heavy atom. The van der Waals surface area contributed by atoms with Gasteiger partial charge in [0.2, 0.25) is 5.79 Å². The van der Waals surface area contributed by atoms with Gasteiger partial charge >= 0.3 is 11.9 Å². The molecule has 250 valence electrons. The van der Waals surface area contributed by atoms with Gasteiger partial charge in [-0.1, -0.05) is 111 Å². The van der Waals surface area contributed by atoms with E-state index in [4.69, 9.17) is 15.2 Å². The first-order valence-electron chi connectivity index (χ1n) is 17.1. The minimum atomic E-state index is -1.39. The van der Waals surface area contributed by atoms with Crippen molar-refractivity contribution in [2.75, 3.05) is 19.8 Å². The molecule has 0 saturated heterocycles. The standard InChI is InChI=1S/C33H58N6O5/c1-4-5-6-7-8-9-10-11-12-13-14-15-16-17-18-21-27(40)43-23-20-19-22-37-33(24-44-32(42)28(34)26(2)3)38-30-29(31(41)39-33)35-25-36-30/h25-26,28,37H,4-24,34H2,1-3H3,(H,39,41)/t28-,33?/m0/s1. The van der Waals surface area contributed by atoms with Crippen LogP contribution >= 0.6 is 0 Å². The third-order valence-electron chi connectivity index (χ3n) is 8.06. The minimum Gasteiger partial charge on any atom is -0.466 e. The van der Waals surface area contributed by atoms with Crippen molar-refractivity contribution in [2.24, 2.45) is 26.6 Å². The van der Waals surface area contributed by atoms with Gasteiger partial charge in [-0.15, -0.1) is 0 Å². The number of hydrogen-bond donors (Lipinski definition) is 3. The Morgan fingerprint density at radius 1 is 0.886 bits per heavy atom. The first-order chi connectivity index (χ1) is 21.3. The predicted molar refractivity (Wildman–Crippen MR) is 176 cm³/mol. The summed E-state index contributed by atoms with van der Waals surface area (Å²) in [5.41, 5.74) is 6.02. The summed E-state index contributed by atoms with van der Waals surface area (Å²) in [4.78, 5) is 49.5. The normalized spacial score (nSPS) is 18.1. The monoisotopic (exact) mass is 618 g/mol. The van der Waals surface area contributed by atoms with Crippen LogP contribution in [-0.4, -0.2) is 67.3 Å². The van der Waals surface area contributed by atoms with E-state index in [9.17, 15) is 14.4 Å². The van der Waals surface area contributed by atoms with Crippen LogP contribution in [0.25, 0.3) is 0 Å². The average molecular weight is 619 g/mol. The van der Waals surface area contributed by atoms with Crippen molar-refractivity contribution in [1.82, 2.24) is 10.6 Å². The van der Waals surface area contributed by atoms with Crippen molar-refractivity contribution in [1.29, 1.82) is 0 Å². The second-order valence-electron chi connectivity index (χ2n) is 12.4. The summed E-state index contributed by atoms with van der Waals surface area (Å²) in [6.07, 6.45) is 22.4. The van der Waals surface area contributed by atoms with E-state index in [1.165, 1.54) is 89.8 Å². The number of nitrogens with two attached hydrogens (primary N) is 1. The SMILES string of the molecule is CCCCCCCCCCCCCCCCCC(=O)OCCCCNC1(COC(=O)[C@@H](N)C(C)C)N=C2N=CN=C2C(=O)N1. The fraction of sp³-hybridized carbons (Fsp3) is 0.818. The molecule has 0 aromatic heterocycles. The van der Waals surface area contributed by atoms with E-state index < -0.39 is 23.7 Å². The largest absolute Gasteiger partial charge is 0.466 e. The Hall–Kier alpha value is -2.66. The number of carbonyl (C=O) groups excluding carboxylic acids is 3. The number of hydrogen-bond acceptors (Lipinski definition) is 10. The molecule has 2 rings (SSSR count). The summed E-state index contributed by atoms with van der Waals surface area (Å²) in [6.45, 7) is 6.42. The molecule has 0 bridgehead atoms. The number of nitrogens with zero attached hydrogens (tertiary/aromatic N) is 3. The molecular weight excluding hydrogens is 560 g/mol. The summed E-state index contributed by atoms with van der Waals surface area (Å²) in [5.74, 6) is -2.50. The molecule has 4 N–H and O–H groups in total. The number of carbonyl (C=O) groups is 3. The lowest BCUT2D eigenvalue weighted by atomic mass is 10.0. The molecule has 11 heteroatoms. The molecule has 0 aliphatic carbocycles. The van der Waals surface area contributed by atoms with E-state index in [1.807, 2.05) is 13.8 Å². The number of amides is 1. The average Bonchev–Trinajstić information content (AvgIpc) is 3.48. The van der Waals surface area contributed by atoms with Gasteiger partial charge in [0.15, 0.2) is 11.5 Å². The van der Waals surface area contributed by atoms with Crippen LogP contribution in [0.1, 0.15) is 136 Å². The van der Waals surface area contributed by atoms with Gasteiger partial charge in [0.05, 0.1) is 6.61 Å². The number of ether oxygens (including phenoxy) is 2. The van der Waals surface area contributed by atoms with E-state index >= 15 is 0 Å². The van der Waals surface area contributed by atoms with Crippen LogP contribution < -0.4 is 16.4 Å². The lowest BCUT2D eigenvalue weighted by Gasteiger charge is -2.34. The zero-order chi connectivity index (χ0) is 32.0. The van der Waals surface area contributed by atoms with Gasteiger partial charge in [-0.25, -0.2) is 15.0 Å². The number of fused-ring (bicyclic) bond motifs is 1. The topological polar surface area (TPSA) is 157 Å². The number of aliphatic imine (C=N–C) groups is 3. The number of rotatable bonds is 26. The van der Waals surface area contributed by atoms with Crippen molar-refractivity contribution in [3.63, 3.8) is 0 Å². The minimum absolute atomic E-state index is 0.0984. The van der Waals surface area contributed by atoms with Gasteiger partial charge in [0.25, 0.3) is 5.91 Å². The lowest BCUT2D eigenvalue weighted by Crippen LogP contribution is -2.65. The van der Waals surface area contributed by atoms with E-state index in [0.29, 0.717) is 32.4 Å². The van der Waals surface area contributed by atoms with Crippen LogP contribution in [0.2, 0.25) is 0 Å². The quantitative estimate of drug-likeness (QED) is 0.0871. The number of amidine groups is 1. The Labute approximate surface area is 264 Å². The van der Waals surface area contributed by atoms with Crippen molar-refractivity contribution >= 4 is 35.7 Å². The summed E-state index contributed by atoms with van der Waals surface area (Å²) >= 11 is 0. The van der Waals surface area contributed by atoms with Crippen LogP contribution in [0, 0.1) is 5.92 Å². The maximum atomic E-state index is 12.6. The number of nitrogens with one attached hydrogen (secondary N) is 2. The van der Waals surface area contributed by atoms with Crippen LogP contribution in [0.4, 0.5) is 0 Å². The molecule has 0 aromatic rings. The molecule has 2 aliphatic heterocycles. The zero-order valence-corrected chi connectivity index (χ0v) is 27.5. The second-order valence-corrected chi connectivity index (χ2v) is 12.4. The maximum absolute atomic E-state index is 12.6. The fourth-order valence-electron chi connectivity index (χ4n) is 5.13. The van der Waals surface area contributed by atoms with Gasteiger partial charge in [-0.05, 0) is 31.7 Å². The molecule has 11 nitrogen and oxygen atoms in total. The highest BCUT2D eigenvalue weighted by atomic mass is 16.5. The highest BCUT2D eigenvalue weighted by molar-refractivity contribution is 6.69. The van der Waals surface area contributed by atoms with Gasteiger partial charge < -0.3 is 20.5 Å². The van der Waals surface area contributed by atoms with Gasteiger partial charge in [-0.3, -0.25) is 19.7 Å². The molecule has 2 aliphatic rings. The molecule has 0 spiro atoms. The molecule has 44 heavy (non-hydrogen) atoms. The fourth-order valence-corrected chi connectivity index (χ4v) is 5.13. The molecule has 1 unspecified atom stereocenters. The lowest BCUT2D eigenvalue weighted by molar-refractivity contribution is -0.150. The highest BCUT2D eigenvalue weighted by Crippen LogP contribution is 2.16. The second kappa shape index (κ2) is 21.9. The summed E-state index contributed by atoms with van der Waals surface area (Å²) in [7, 11) is 0. The summed E-state index contributed by atoms with van der Waals surface area (Å²) < 4.78 is 10.8. The Bertz CT molecular complexity index is 966. The third-order valence-corrected chi connectivity index (χ3v) is 8.06. The van der Waals surface area contributed by atoms with E-state index in [0.717, 1.165) is 12.8 Å². The van der Waals surface area contributed by atoms with E-state index in [1.54, 1.807) is 0 Å². The smallest absolute Gasteiger partial charge is 0.323 e. The van der Waals surface area contributed by atoms with Crippen LogP contribution in [0.15, 0.2) is 15.0 Å². The third kappa shape index (κ3) is 14.9. The molecular formula is C33H58N6O5. The molecule has 1 amide bonds. The molecule has 2 atom stereocenters. The van der Waals surface area contributed by atoms with E-state index in [2.05, 4.69) is 32.5 Å². The van der Waals surface area contributed by atoms with Crippen LogP contribution in [-0.2, 0) is 23.9 Å². The first kappa shape index (κ1) is 37.5. The van der Waals surface area contributed by atoms with Crippen molar-refractivity contribution < 1.29 is 23.9 Å². The summed E-state index contributed by atoms with van der Waals surface area (Å²) in [6, 6.07) is -0.787. The molecule has 0 fully saturated rings. The van der Waals surface area contributed by atoms with Crippen LogP contribution in [0.3, 0.4) is 0 Å². The van der Waals surface area contributed by atoms with Gasteiger partial charge in [0.1, 0.15) is 19.0 Å². The molecule has 2 heterocycles. The Kier molecular flexibility index (Phi) is 18.7. The van der Waals surface area contributed by atoms with Gasteiger partial charge in [0, 0.05) is 6.42 Å². The molecule has 0 saturated carbocycles. The van der Waals surface area contributed by atoms with Crippen molar-refractivity contribution in [3.8, 4) is 0 Å². The summed E-state index contributed by atoms with van der Waals surface area (Å²) in [5, 5.41) is 5.91. The maximum Gasteiger partial charge on any atom is 0.323 e. The highest BCUT2D eigenvalue weighted by Gasteiger charge is 2.41. The number of unbranched alkanes of at least 4 members (excludes halogenated alkanes) is 15.